The average Bonchev–Trinajstić information content (AvgIpc) is 4.14. The molecule has 1 aliphatic heterocycles. The summed E-state index contributed by atoms with van der Waals surface area (Å²) in [6.45, 7) is 4.73. The number of hydrogen-bond acceptors (Lipinski definition) is 4. The second kappa shape index (κ2) is 15.9. The van der Waals surface area contributed by atoms with E-state index < -0.39 is 12.4 Å². The van der Waals surface area contributed by atoms with E-state index in [9.17, 15) is 0 Å². The van der Waals surface area contributed by atoms with Gasteiger partial charge in [-0.1, -0.05) is 178 Å². The van der Waals surface area contributed by atoms with E-state index >= 15 is 0 Å². The summed E-state index contributed by atoms with van der Waals surface area (Å²) in [4.78, 5) is 10.2. The lowest BCUT2D eigenvalue weighted by Gasteiger charge is -2.59. The molecule has 5 nitrogen and oxygen atoms in total. The first-order chi connectivity index (χ1) is 37.5. The molecule has 0 unspecified atom stereocenters. The van der Waals surface area contributed by atoms with Crippen LogP contribution in [0.25, 0.3) is 38.8 Å². The third-order valence-corrected chi connectivity index (χ3v) is 16.8. The highest BCUT2D eigenvalue weighted by Crippen LogP contribution is 2.68. The van der Waals surface area contributed by atoms with Crippen LogP contribution >= 0.6 is 0 Å². The van der Waals surface area contributed by atoms with Crippen molar-refractivity contribution >= 4 is 38.9 Å². The monoisotopic (exact) mass is 957 g/mol. The van der Waals surface area contributed by atoms with E-state index in [1.54, 1.807) is 12.3 Å². The summed E-state index contributed by atoms with van der Waals surface area (Å²) in [5.74, 6) is 2.20. The first-order valence-electron chi connectivity index (χ1n) is 27.4. The molecule has 3 heterocycles. The smallest absolute Gasteiger partial charge is 0.137 e. The molecular formula is C69H54N4O. The molecule has 5 heteroatoms. The third-order valence-electron chi connectivity index (χ3n) is 16.8. The average molecular weight is 958 g/mol. The molecular weight excluding hydrogens is 901 g/mol. The van der Waals surface area contributed by atoms with Gasteiger partial charge in [0, 0.05) is 62.2 Å². The Kier molecular flexibility index (Phi) is 8.58. The van der Waals surface area contributed by atoms with E-state index in [2.05, 4.69) is 205 Å². The topological polar surface area (TPSA) is 33.5 Å². The first kappa shape index (κ1) is 39.9. The summed E-state index contributed by atoms with van der Waals surface area (Å²) >= 11 is 0. The lowest BCUT2D eigenvalue weighted by molar-refractivity contribution is 0.376. The molecule has 0 fully saturated rings. The Morgan fingerprint density at radius 1 is 0.541 bits per heavy atom. The Balaban J connectivity index is 0.835. The van der Waals surface area contributed by atoms with Gasteiger partial charge in [-0.3, -0.25) is 4.57 Å². The third kappa shape index (κ3) is 6.07. The molecule has 0 spiro atoms. The number of pyridine rings is 1. The van der Waals surface area contributed by atoms with E-state index in [4.69, 9.17) is 13.8 Å². The van der Waals surface area contributed by atoms with Gasteiger partial charge in [0.1, 0.15) is 22.9 Å². The Bertz CT molecular complexity index is 4110. The van der Waals surface area contributed by atoms with Gasteiger partial charge in [0.25, 0.3) is 0 Å². The summed E-state index contributed by atoms with van der Waals surface area (Å²) in [7, 11) is 0. The van der Waals surface area contributed by atoms with Gasteiger partial charge < -0.3 is 14.5 Å². The van der Waals surface area contributed by atoms with Crippen LogP contribution in [0.15, 0.2) is 225 Å². The van der Waals surface area contributed by atoms with Crippen LogP contribution in [0, 0.1) is 6.85 Å². The Morgan fingerprint density at radius 3 is 1.84 bits per heavy atom. The van der Waals surface area contributed by atoms with Gasteiger partial charge in [-0.15, -0.1) is 0 Å². The normalized spacial score (nSPS) is 19.7. The van der Waals surface area contributed by atoms with Crippen LogP contribution in [0.1, 0.15) is 98.3 Å². The highest BCUT2D eigenvalue weighted by molar-refractivity contribution is 6.09. The summed E-state index contributed by atoms with van der Waals surface area (Å²) < 4.78 is 35.2. The van der Waals surface area contributed by atoms with Crippen molar-refractivity contribution in [2.24, 2.45) is 0 Å². The van der Waals surface area contributed by atoms with Gasteiger partial charge in [0.15, 0.2) is 0 Å². The number of aromatic nitrogens is 2. The van der Waals surface area contributed by atoms with Crippen molar-refractivity contribution in [3.05, 3.63) is 280 Å². The second-order valence-corrected chi connectivity index (χ2v) is 21.6. The van der Waals surface area contributed by atoms with Gasteiger partial charge in [-0.2, -0.15) is 0 Å². The number of rotatable bonds is 6. The zero-order valence-corrected chi connectivity index (χ0v) is 41.5. The highest BCUT2D eigenvalue weighted by atomic mass is 16.5. The summed E-state index contributed by atoms with van der Waals surface area (Å²) in [5, 5.41) is 2.05. The van der Waals surface area contributed by atoms with Crippen LogP contribution in [0.4, 0.5) is 17.1 Å². The summed E-state index contributed by atoms with van der Waals surface area (Å²) in [5.41, 5.74) is 18.5. The molecule has 0 N–H and O–H groups in total. The van der Waals surface area contributed by atoms with E-state index in [0.29, 0.717) is 29.5 Å². The van der Waals surface area contributed by atoms with Crippen molar-refractivity contribution in [2.45, 2.75) is 56.3 Å². The Hall–Kier alpha value is -8.67. The molecule has 0 atom stereocenters. The Labute approximate surface area is 436 Å². The lowest BCUT2D eigenvalue weighted by atomic mass is 9.49. The molecule has 356 valence electrons. The predicted octanol–water partition coefficient (Wildman–Crippen LogP) is 16.8. The van der Waals surface area contributed by atoms with Gasteiger partial charge >= 0.3 is 0 Å². The maximum absolute atomic E-state index is 8.73. The largest absolute Gasteiger partial charge is 0.457 e. The van der Waals surface area contributed by atoms with Crippen LogP contribution in [0.2, 0.25) is 0 Å². The second-order valence-electron chi connectivity index (χ2n) is 21.6. The molecule has 2 aromatic heterocycles. The van der Waals surface area contributed by atoms with Crippen LogP contribution < -0.4 is 14.5 Å². The molecule has 9 aromatic carbocycles. The molecule has 0 amide bonds. The number of nitrogens with zero attached hydrogens (tertiary/aromatic N) is 4. The summed E-state index contributed by atoms with van der Waals surface area (Å²) in [6.07, 6.45) is 1.72. The highest BCUT2D eigenvalue weighted by Gasteiger charge is 2.61. The number of ether oxygens (including phenoxy) is 1. The Morgan fingerprint density at radius 2 is 1.14 bits per heavy atom. The molecule has 18 rings (SSSR count). The van der Waals surface area contributed by atoms with E-state index in [-0.39, 0.29) is 28.7 Å². The maximum atomic E-state index is 8.73. The van der Waals surface area contributed by atoms with E-state index in [1.807, 2.05) is 42.5 Å². The van der Waals surface area contributed by atoms with Gasteiger partial charge in [0.2, 0.25) is 0 Å². The zero-order valence-electron chi connectivity index (χ0n) is 44.5. The minimum Gasteiger partial charge on any atom is -0.457 e. The standard InChI is InChI=1S/C69H54N4O/c1-43-38-64(70-41-57(43)44-32-34-45(35-33-44)68(2,3)4)73-60-29-14-11-20-49(60)50-37-36-48(40-63(50)73)74-47-19-17-18-46(39-47)71-42-72(62-31-16-15-30-61(62)71)69-58-27-12-9-25-55(58)66(56-26-10-13-28-59(56)69)65-51-21-5-7-23-53(51)67(69)54-24-8-6-22-52(54)65/h5-41,65-67H,42H2,1-4H3/i1D3. The van der Waals surface area contributed by atoms with Crippen LogP contribution in [-0.2, 0) is 11.0 Å². The van der Waals surface area contributed by atoms with Crippen LogP contribution in [0.3, 0.4) is 0 Å². The first-order valence-corrected chi connectivity index (χ1v) is 25.9. The number of anilines is 3. The molecule has 0 radical (unpaired) electrons. The number of benzene rings is 9. The summed E-state index contributed by atoms with van der Waals surface area (Å²) in [6, 6.07) is 78.8. The van der Waals surface area contributed by atoms with Crippen molar-refractivity contribution in [2.75, 3.05) is 16.5 Å². The van der Waals surface area contributed by atoms with Crippen molar-refractivity contribution in [1.82, 2.24) is 9.55 Å². The fourth-order valence-electron chi connectivity index (χ4n) is 13.7. The SMILES string of the molecule is [2H]C([2H])([2H])c1cc(-n2c3ccccc3c3ccc(Oc4cccc(N5CN(C67c8ccccc8C(c8ccccc86)C6c8ccccc8C7c7ccccc76)c6ccccc65)c4)cc32)ncc1-c1ccc(C(C)(C)C)cc1. The molecule has 11 aromatic rings. The molecule has 74 heavy (non-hydrogen) atoms. The number of hydrogen-bond donors (Lipinski definition) is 0. The molecule has 4 bridgehead atoms. The number of para-hydroxylation sites is 3. The van der Waals surface area contributed by atoms with Crippen molar-refractivity contribution in [1.29, 1.82) is 0 Å². The molecule has 6 aliphatic carbocycles. The minimum absolute atomic E-state index is 0.0122. The predicted molar refractivity (Wildman–Crippen MR) is 302 cm³/mol. The number of aryl methyl sites for hydroxylation is 1. The van der Waals surface area contributed by atoms with E-state index in [1.165, 1.54) is 55.8 Å². The van der Waals surface area contributed by atoms with Crippen LogP contribution in [0.5, 0.6) is 11.5 Å². The lowest BCUT2D eigenvalue weighted by Crippen LogP contribution is -2.57. The van der Waals surface area contributed by atoms with Crippen molar-refractivity contribution < 1.29 is 8.85 Å². The van der Waals surface area contributed by atoms with E-state index in [0.717, 1.165) is 38.7 Å². The van der Waals surface area contributed by atoms with Crippen molar-refractivity contribution in [3.63, 3.8) is 0 Å². The van der Waals surface area contributed by atoms with Gasteiger partial charge in [-0.25, -0.2) is 4.98 Å². The van der Waals surface area contributed by atoms with Gasteiger partial charge in [0.05, 0.1) is 29.1 Å². The van der Waals surface area contributed by atoms with Crippen molar-refractivity contribution in [3.8, 4) is 28.4 Å². The quantitative estimate of drug-likeness (QED) is 0.166. The minimum atomic E-state index is -2.39. The fraction of sp³-hybridized carbons (Fsp3) is 0.145. The molecule has 0 saturated carbocycles. The van der Waals surface area contributed by atoms with Gasteiger partial charge in [-0.05, 0) is 122 Å². The number of fused-ring (bicyclic) bond motifs is 4. The van der Waals surface area contributed by atoms with Crippen LogP contribution in [-0.4, -0.2) is 16.2 Å². The maximum Gasteiger partial charge on any atom is 0.137 e. The molecule has 7 aliphatic rings. The fourth-order valence-corrected chi connectivity index (χ4v) is 13.7. The molecule has 0 saturated heterocycles. The zero-order chi connectivity index (χ0) is 52.0.